The van der Waals surface area contributed by atoms with Crippen LogP contribution in [0.4, 0.5) is 4.79 Å². The van der Waals surface area contributed by atoms with Crippen molar-refractivity contribution >= 4 is 24.2 Å². The minimum atomic E-state index is -0.642. The number of rotatable bonds is 6. The number of aldehydes is 1. The first kappa shape index (κ1) is 20.1. The highest BCUT2D eigenvalue weighted by Gasteiger charge is 2.05. The number of carbonyl (C=O) groups is 2. The van der Waals surface area contributed by atoms with Gasteiger partial charge in [0.25, 0.3) is 10.8 Å². The largest absolute Gasteiger partial charge is 0.347 e. The van der Waals surface area contributed by atoms with E-state index in [-0.39, 0.29) is 16.8 Å². The molecule has 0 aromatic carbocycles. The van der Waals surface area contributed by atoms with Gasteiger partial charge in [-0.05, 0) is 33.9 Å². The molecule has 0 radical (unpaired) electrons. The first-order chi connectivity index (χ1) is 10.3. The van der Waals surface area contributed by atoms with Crippen molar-refractivity contribution in [2.75, 3.05) is 20.1 Å². The number of hydrogen-bond donors (Lipinski definition) is 4. The number of nitrogens with zero attached hydrogens (tertiary/aromatic N) is 1. The van der Waals surface area contributed by atoms with Crippen LogP contribution in [0, 0.1) is 0 Å². The Labute approximate surface area is 133 Å². The molecule has 1 aromatic heterocycles. The van der Waals surface area contributed by atoms with Crippen LogP contribution < -0.4 is 21.9 Å². The van der Waals surface area contributed by atoms with Crippen LogP contribution in [0.15, 0.2) is 15.8 Å². The molecule has 8 nitrogen and oxygen atoms in total. The normalized spacial score (nSPS) is 9.86. The number of thiol groups is 1. The zero-order valence-electron chi connectivity index (χ0n) is 12.9. The number of hydrogen-bond acceptors (Lipinski definition) is 5. The minimum Gasteiger partial charge on any atom is -0.347 e. The zero-order valence-corrected chi connectivity index (χ0v) is 13.8. The van der Waals surface area contributed by atoms with E-state index in [2.05, 4.69) is 28.2 Å². The van der Waals surface area contributed by atoms with E-state index in [1.807, 2.05) is 7.05 Å². The average Bonchev–Trinajstić information content (AvgIpc) is 2.44. The highest BCUT2D eigenvalue weighted by atomic mass is 32.1. The van der Waals surface area contributed by atoms with Gasteiger partial charge in [-0.3, -0.25) is 23.9 Å². The van der Waals surface area contributed by atoms with Crippen molar-refractivity contribution in [3.05, 3.63) is 32.6 Å². The summed E-state index contributed by atoms with van der Waals surface area (Å²) >= 11 is 3.53. The fourth-order valence-corrected chi connectivity index (χ4v) is 1.54. The van der Waals surface area contributed by atoms with Gasteiger partial charge >= 0.3 is 5.69 Å². The second-order valence-corrected chi connectivity index (χ2v) is 5.06. The molecular formula is C13H22N4O4S. The van der Waals surface area contributed by atoms with Crippen LogP contribution in [0.25, 0.3) is 0 Å². The maximum Gasteiger partial charge on any atom is 0.328 e. The molecule has 124 valence electrons. The number of aromatic nitrogens is 2. The Morgan fingerprint density at radius 3 is 2.50 bits per heavy atom. The fourth-order valence-electron chi connectivity index (χ4n) is 1.43. The van der Waals surface area contributed by atoms with Gasteiger partial charge in [0.1, 0.15) is 0 Å². The van der Waals surface area contributed by atoms with E-state index in [9.17, 15) is 19.2 Å². The monoisotopic (exact) mass is 330 g/mol. The average molecular weight is 330 g/mol. The summed E-state index contributed by atoms with van der Waals surface area (Å²) in [6, 6.07) is -0.0805. The number of H-pyrrole nitrogens is 1. The SMILES string of the molecule is CC(C)n1cc(C=O)c(=O)[nH]c1=O.CNCCCNC(=O)S. The molecule has 0 aliphatic heterocycles. The van der Waals surface area contributed by atoms with E-state index < -0.39 is 11.2 Å². The molecule has 1 rings (SSSR count). The Morgan fingerprint density at radius 2 is 2.05 bits per heavy atom. The smallest absolute Gasteiger partial charge is 0.328 e. The van der Waals surface area contributed by atoms with Gasteiger partial charge < -0.3 is 10.6 Å². The number of carbonyl (C=O) groups excluding carboxylic acids is 2. The lowest BCUT2D eigenvalue weighted by Crippen LogP contribution is -2.32. The van der Waals surface area contributed by atoms with Crippen LogP contribution in [0.3, 0.4) is 0 Å². The summed E-state index contributed by atoms with van der Waals surface area (Å²) in [7, 11) is 1.88. The molecule has 9 heteroatoms. The van der Waals surface area contributed by atoms with Crippen molar-refractivity contribution < 1.29 is 9.59 Å². The molecule has 1 heterocycles. The Balaban J connectivity index is 0.000000433. The zero-order chi connectivity index (χ0) is 17.1. The summed E-state index contributed by atoms with van der Waals surface area (Å²) in [5, 5.41) is 5.27. The van der Waals surface area contributed by atoms with Crippen LogP contribution in [0.5, 0.6) is 0 Å². The highest BCUT2D eigenvalue weighted by Crippen LogP contribution is 1.97. The lowest BCUT2D eigenvalue weighted by Gasteiger charge is -2.07. The van der Waals surface area contributed by atoms with Crippen LogP contribution in [0.2, 0.25) is 0 Å². The van der Waals surface area contributed by atoms with Crippen LogP contribution in [0.1, 0.15) is 36.7 Å². The Kier molecular flexibility index (Phi) is 9.88. The summed E-state index contributed by atoms with van der Waals surface area (Å²) in [5.74, 6) is 0. The summed E-state index contributed by atoms with van der Waals surface area (Å²) in [5.41, 5.74) is -1.17. The lowest BCUT2D eigenvalue weighted by molar-refractivity contribution is 0.112. The van der Waals surface area contributed by atoms with Gasteiger partial charge in [-0.25, -0.2) is 4.79 Å². The standard InChI is InChI=1S/C8H10N2O3.C5H12N2OS/c1-5(2)10-3-6(4-11)7(12)9-8(10)13;1-6-3-2-4-7-5(8)9/h3-5H,1-2H3,(H,9,12,13);6H,2-4H2,1H3,(H2,7,8,9). The second kappa shape index (κ2) is 10.8. The van der Waals surface area contributed by atoms with E-state index in [4.69, 9.17) is 0 Å². The van der Waals surface area contributed by atoms with Crippen molar-refractivity contribution in [1.82, 2.24) is 20.2 Å². The van der Waals surface area contributed by atoms with Gasteiger partial charge in [0, 0.05) is 18.8 Å². The lowest BCUT2D eigenvalue weighted by atomic mass is 10.3. The Morgan fingerprint density at radius 1 is 1.41 bits per heavy atom. The summed E-state index contributed by atoms with van der Waals surface area (Å²) in [6.07, 6.45) is 2.64. The van der Waals surface area contributed by atoms with Crippen molar-refractivity contribution in [2.45, 2.75) is 26.3 Å². The molecule has 0 aliphatic rings. The van der Waals surface area contributed by atoms with Gasteiger partial charge in [0.15, 0.2) is 6.29 Å². The van der Waals surface area contributed by atoms with Gasteiger partial charge in [0.2, 0.25) is 0 Å². The molecule has 0 bridgehead atoms. The summed E-state index contributed by atoms with van der Waals surface area (Å²) in [6.45, 7) is 5.19. The maximum atomic E-state index is 11.1. The third-order valence-corrected chi connectivity index (χ3v) is 2.72. The van der Waals surface area contributed by atoms with Gasteiger partial charge in [-0.15, -0.1) is 0 Å². The molecule has 0 fully saturated rings. The van der Waals surface area contributed by atoms with E-state index in [0.717, 1.165) is 13.0 Å². The number of amides is 1. The van der Waals surface area contributed by atoms with Crippen LogP contribution in [-0.4, -0.2) is 41.2 Å². The third kappa shape index (κ3) is 7.79. The van der Waals surface area contributed by atoms with E-state index in [0.29, 0.717) is 12.8 Å². The molecule has 1 amide bonds. The summed E-state index contributed by atoms with van der Waals surface area (Å²) in [4.78, 5) is 44.7. The first-order valence-electron chi connectivity index (χ1n) is 6.75. The predicted octanol–water partition coefficient (Wildman–Crippen LogP) is 0.165. The highest BCUT2D eigenvalue weighted by molar-refractivity contribution is 7.96. The molecule has 3 N–H and O–H groups in total. The fraction of sp³-hybridized carbons (Fsp3) is 0.538. The molecule has 0 unspecified atom stereocenters. The number of nitrogens with one attached hydrogen (secondary N) is 3. The topological polar surface area (TPSA) is 113 Å². The third-order valence-electron chi connectivity index (χ3n) is 2.56. The van der Waals surface area contributed by atoms with Crippen molar-refractivity contribution in [2.24, 2.45) is 0 Å². The molecule has 0 saturated carbocycles. The van der Waals surface area contributed by atoms with Crippen LogP contribution in [-0.2, 0) is 0 Å². The number of aromatic amines is 1. The molecule has 1 aromatic rings. The minimum absolute atomic E-state index is 0.0340. The van der Waals surface area contributed by atoms with Crippen molar-refractivity contribution in [1.29, 1.82) is 0 Å². The molecule has 0 saturated heterocycles. The van der Waals surface area contributed by atoms with Crippen LogP contribution >= 0.6 is 12.6 Å². The molecule has 22 heavy (non-hydrogen) atoms. The maximum absolute atomic E-state index is 11.1. The van der Waals surface area contributed by atoms with Gasteiger partial charge in [-0.2, -0.15) is 0 Å². The van der Waals surface area contributed by atoms with E-state index in [1.165, 1.54) is 10.8 Å². The van der Waals surface area contributed by atoms with Gasteiger partial charge in [0.05, 0.1) is 5.56 Å². The first-order valence-corrected chi connectivity index (χ1v) is 7.20. The Hall–Kier alpha value is -1.87. The predicted molar refractivity (Wildman–Crippen MR) is 88.0 cm³/mol. The van der Waals surface area contributed by atoms with Crippen molar-refractivity contribution in [3.63, 3.8) is 0 Å². The quantitative estimate of drug-likeness (QED) is 0.337. The molecular weight excluding hydrogens is 308 g/mol. The Bertz CT molecular complexity index is 594. The van der Waals surface area contributed by atoms with E-state index in [1.54, 1.807) is 13.8 Å². The van der Waals surface area contributed by atoms with E-state index >= 15 is 0 Å². The van der Waals surface area contributed by atoms with Crippen molar-refractivity contribution in [3.8, 4) is 0 Å². The van der Waals surface area contributed by atoms with Gasteiger partial charge in [-0.1, -0.05) is 12.6 Å². The molecule has 0 aliphatic carbocycles. The molecule has 0 atom stereocenters. The second-order valence-electron chi connectivity index (χ2n) is 4.65. The molecule has 0 spiro atoms. The summed E-state index contributed by atoms with van der Waals surface area (Å²) < 4.78 is 1.30.